The standard InChI is InChI=1S/C18H20N2O5/c21-18(22)16-14(25-17(19-16)12-4-2-1-3-5-12)10-20-7-9-24-15-11-23-8-6-13(15)20/h1-5,13,15H,6-11H2,(H,21,22)/t13-,15+/m0/s1. The summed E-state index contributed by atoms with van der Waals surface area (Å²) < 4.78 is 17.1. The first-order chi connectivity index (χ1) is 12.2. The molecule has 1 aromatic carbocycles. The van der Waals surface area contributed by atoms with Crippen LogP contribution >= 0.6 is 0 Å². The number of carboxylic acids is 1. The van der Waals surface area contributed by atoms with Gasteiger partial charge in [0.05, 0.1) is 25.9 Å². The van der Waals surface area contributed by atoms with E-state index in [4.69, 9.17) is 13.9 Å². The van der Waals surface area contributed by atoms with Crippen molar-refractivity contribution in [2.75, 3.05) is 26.4 Å². The Morgan fingerprint density at radius 3 is 2.92 bits per heavy atom. The third kappa shape index (κ3) is 3.30. The van der Waals surface area contributed by atoms with E-state index >= 15 is 0 Å². The zero-order chi connectivity index (χ0) is 17.2. The molecule has 132 valence electrons. The lowest BCUT2D eigenvalue weighted by Gasteiger charge is -2.43. The van der Waals surface area contributed by atoms with Gasteiger partial charge in [-0.1, -0.05) is 18.2 Å². The van der Waals surface area contributed by atoms with E-state index < -0.39 is 5.97 Å². The van der Waals surface area contributed by atoms with E-state index in [0.29, 0.717) is 38.0 Å². The zero-order valence-corrected chi connectivity index (χ0v) is 13.8. The predicted molar refractivity (Wildman–Crippen MR) is 88.3 cm³/mol. The lowest BCUT2D eigenvalue weighted by Crippen LogP contribution is -2.55. The van der Waals surface area contributed by atoms with Crippen molar-refractivity contribution in [2.45, 2.75) is 25.1 Å². The number of carboxylic acid groups (broad SMARTS) is 1. The minimum atomic E-state index is -1.07. The number of aromatic nitrogens is 1. The highest BCUT2D eigenvalue weighted by molar-refractivity contribution is 5.87. The van der Waals surface area contributed by atoms with E-state index in [1.807, 2.05) is 30.3 Å². The van der Waals surface area contributed by atoms with Gasteiger partial charge in [0, 0.05) is 24.8 Å². The fraction of sp³-hybridized carbons (Fsp3) is 0.444. The van der Waals surface area contributed by atoms with Gasteiger partial charge in [-0.3, -0.25) is 4.90 Å². The second-order valence-electron chi connectivity index (χ2n) is 6.27. The average Bonchev–Trinajstić information content (AvgIpc) is 3.07. The molecule has 2 atom stereocenters. The first-order valence-electron chi connectivity index (χ1n) is 8.44. The molecule has 0 amide bonds. The van der Waals surface area contributed by atoms with Gasteiger partial charge in [-0.25, -0.2) is 9.78 Å². The van der Waals surface area contributed by atoms with Crippen molar-refractivity contribution < 1.29 is 23.8 Å². The lowest BCUT2D eigenvalue weighted by molar-refractivity contribution is -0.138. The quantitative estimate of drug-likeness (QED) is 0.908. The topological polar surface area (TPSA) is 85.0 Å². The number of rotatable bonds is 4. The van der Waals surface area contributed by atoms with Gasteiger partial charge < -0.3 is 19.0 Å². The molecule has 7 heteroatoms. The smallest absolute Gasteiger partial charge is 0.358 e. The molecule has 2 aliphatic rings. The van der Waals surface area contributed by atoms with Crippen molar-refractivity contribution in [1.82, 2.24) is 9.88 Å². The molecule has 0 unspecified atom stereocenters. The summed E-state index contributed by atoms with van der Waals surface area (Å²) in [6.07, 6.45) is 0.902. The fourth-order valence-electron chi connectivity index (χ4n) is 3.48. The van der Waals surface area contributed by atoms with Gasteiger partial charge in [0.2, 0.25) is 5.89 Å². The molecule has 1 N–H and O–H groups in total. The van der Waals surface area contributed by atoms with Gasteiger partial charge in [-0.15, -0.1) is 0 Å². The molecule has 0 saturated carbocycles. The molecule has 2 aliphatic heterocycles. The number of benzene rings is 1. The van der Waals surface area contributed by atoms with Crippen LogP contribution in [0.2, 0.25) is 0 Å². The molecule has 2 aromatic rings. The Morgan fingerprint density at radius 2 is 2.12 bits per heavy atom. The molecule has 2 saturated heterocycles. The molecule has 0 aliphatic carbocycles. The van der Waals surface area contributed by atoms with Gasteiger partial charge in [-0.2, -0.15) is 0 Å². The highest BCUT2D eigenvalue weighted by Crippen LogP contribution is 2.27. The fourth-order valence-corrected chi connectivity index (χ4v) is 3.48. The number of ether oxygens (including phenoxy) is 2. The van der Waals surface area contributed by atoms with E-state index in [9.17, 15) is 9.90 Å². The van der Waals surface area contributed by atoms with E-state index in [0.717, 1.165) is 18.5 Å². The number of oxazole rings is 1. The summed E-state index contributed by atoms with van der Waals surface area (Å²) in [6.45, 7) is 3.03. The van der Waals surface area contributed by atoms with Gasteiger partial charge in [-0.05, 0) is 18.6 Å². The molecule has 25 heavy (non-hydrogen) atoms. The van der Waals surface area contributed by atoms with Gasteiger partial charge in [0.15, 0.2) is 11.5 Å². The van der Waals surface area contributed by atoms with Gasteiger partial charge >= 0.3 is 5.97 Å². The van der Waals surface area contributed by atoms with Crippen molar-refractivity contribution in [2.24, 2.45) is 0 Å². The number of carbonyl (C=O) groups is 1. The van der Waals surface area contributed by atoms with Crippen LogP contribution < -0.4 is 0 Å². The van der Waals surface area contributed by atoms with Crippen molar-refractivity contribution in [3.8, 4) is 11.5 Å². The third-order valence-electron chi connectivity index (χ3n) is 4.72. The summed E-state index contributed by atoms with van der Waals surface area (Å²) in [5.74, 6) is -0.346. The Bertz CT molecular complexity index is 743. The first-order valence-corrected chi connectivity index (χ1v) is 8.44. The van der Waals surface area contributed by atoms with Crippen LogP contribution in [0.25, 0.3) is 11.5 Å². The molecule has 2 fully saturated rings. The first kappa shape index (κ1) is 16.3. The number of hydrogen-bond acceptors (Lipinski definition) is 6. The minimum absolute atomic E-state index is 0.0195. The summed E-state index contributed by atoms with van der Waals surface area (Å²) >= 11 is 0. The van der Waals surface area contributed by atoms with Crippen molar-refractivity contribution >= 4 is 5.97 Å². The van der Waals surface area contributed by atoms with Crippen LogP contribution in [0.5, 0.6) is 0 Å². The molecule has 3 heterocycles. The number of nitrogens with zero attached hydrogens (tertiary/aromatic N) is 2. The molecular weight excluding hydrogens is 324 g/mol. The van der Waals surface area contributed by atoms with Crippen LogP contribution in [0.4, 0.5) is 0 Å². The minimum Gasteiger partial charge on any atom is -0.476 e. The Kier molecular flexibility index (Phi) is 4.52. The molecular formula is C18H20N2O5. The highest BCUT2D eigenvalue weighted by atomic mass is 16.5. The molecule has 0 spiro atoms. The van der Waals surface area contributed by atoms with Crippen molar-refractivity contribution in [3.63, 3.8) is 0 Å². The largest absolute Gasteiger partial charge is 0.476 e. The summed E-state index contributed by atoms with van der Waals surface area (Å²) in [4.78, 5) is 18.0. The second-order valence-corrected chi connectivity index (χ2v) is 6.27. The Morgan fingerprint density at radius 1 is 1.28 bits per heavy atom. The SMILES string of the molecule is O=C(O)c1nc(-c2ccccc2)oc1CN1CCO[C@@H]2COCC[C@@H]21. The average molecular weight is 344 g/mol. The second kappa shape index (κ2) is 6.95. The van der Waals surface area contributed by atoms with Crippen LogP contribution in [-0.4, -0.2) is 59.5 Å². The molecule has 1 aromatic heterocycles. The maximum atomic E-state index is 11.6. The van der Waals surface area contributed by atoms with Crippen LogP contribution in [0.15, 0.2) is 34.7 Å². The number of aromatic carboxylic acids is 1. The Hall–Kier alpha value is -2.22. The maximum Gasteiger partial charge on any atom is 0.358 e. The molecule has 7 nitrogen and oxygen atoms in total. The van der Waals surface area contributed by atoms with Crippen molar-refractivity contribution in [1.29, 1.82) is 0 Å². The van der Waals surface area contributed by atoms with E-state index in [1.54, 1.807) is 0 Å². The summed E-state index contributed by atoms with van der Waals surface area (Å²) in [6, 6.07) is 9.55. The van der Waals surface area contributed by atoms with Crippen LogP contribution in [0, 0.1) is 0 Å². The van der Waals surface area contributed by atoms with Gasteiger partial charge in [0.1, 0.15) is 0 Å². The number of morpholine rings is 1. The molecule has 0 radical (unpaired) electrons. The summed E-state index contributed by atoms with van der Waals surface area (Å²) in [5.41, 5.74) is 0.746. The number of fused-ring (bicyclic) bond motifs is 1. The molecule has 0 bridgehead atoms. The van der Waals surface area contributed by atoms with E-state index in [1.165, 1.54) is 0 Å². The summed E-state index contributed by atoms with van der Waals surface area (Å²) in [5, 5.41) is 9.50. The van der Waals surface area contributed by atoms with Crippen LogP contribution in [0.1, 0.15) is 22.7 Å². The highest BCUT2D eigenvalue weighted by Gasteiger charge is 2.36. The lowest BCUT2D eigenvalue weighted by atomic mass is 10.0. The predicted octanol–water partition coefficient (Wildman–Crippen LogP) is 2.03. The van der Waals surface area contributed by atoms with Gasteiger partial charge in [0.25, 0.3) is 0 Å². The third-order valence-corrected chi connectivity index (χ3v) is 4.72. The Balaban J connectivity index is 1.61. The van der Waals surface area contributed by atoms with Crippen LogP contribution in [0.3, 0.4) is 0 Å². The Labute approximate surface area is 145 Å². The monoisotopic (exact) mass is 344 g/mol. The van der Waals surface area contributed by atoms with E-state index in [2.05, 4.69) is 9.88 Å². The zero-order valence-electron chi connectivity index (χ0n) is 13.8. The summed E-state index contributed by atoms with van der Waals surface area (Å²) in [7, 11) is 0. The van der Waals surface area contributed by atoms with Crippen LogP contribution in [-0.2, 0) is 16.0 Å². The van der Waals surface area contributed by atoms with Crippen molar-refractivity contribution in [3.05, 3.63) is 41.8 Å². The number of hydrogen-bond donors (Lipinski definition) is 1. The normalized spacial score (nSPS) is 24.0. The maximum absolute atomic E-state index is 11.6. The molecule has 4 rings (SSSR count). The van der Waals surface area contributed by atoms with E-state index in [-0.39, 0.29) is 17.8 Å².